The van der Waals surface area contributed by atoms with Crippen LogP contribution in [0.15, 0.2) is 16.9 Å². The third kappa shape index (κ3) is 4.65. The fourth-order valence-corrected chi connectivity index (χ4v) is 6.61. The monoisotopic (exact) mass is 482 g/mol. The first-order valence-electron chi connectivity index (χ1n) is 13.3. The number of likely N-dealkylation sites (tertiary alicyclic amines) is 1. The molecular weight excluding hydrogens is 444 g/mol. The van der Waals surface area contributed by atoms with Crippen molar-refractivity contribution < 1.29 is 14.3 Å². The number of amides is 2. The first kappa shape index (κ1) is 24.1. The van der Waals surface area contributed by atoms with Gasteiger partial charge in [-0.3, -0.25) is 24.0 Å². The Morgan fingerprint density at radius 1 is 0.971 bits per heavy atom. The largest absolute Gasteiger partial charge is 0.496 e. The summed E-state index contributed by atoms with van der Waals surface area (Å²) in [6.45, 7) is 3.32. The van der Waals surface area contributed by atoms with Crippen LogP contribution in [0.1, 0.15) is 81.7 Å². The number of benzene rings is 1. The van der Waals surface area contributed by atoms with E-state index in [1.165, 1.54) is 38.6 Å². The number of nitrogens with one attached hydrogen (secondary N) is 1. The Hall–Kier alpha value is -2.61. The third-order valence-corrected chi connectivity index (χ3v) is 8.46. The standard InChI is InChI=1S/C27H38N4O4/c1-29-25-20(31(27(29)34)21-9-6-10-23(32)28-26(21)33)11-12-22(35-2)24(25)19-13-15-30(16-14-19)17-18-7-4-3-5-8-18/h11-12,18-19,21H,3-10,13-17H2,1-2H3,(H,28,32,33). The Balaban J connectivity index is 1.46. The number of aryl methyl sites for hydroxylation is 1. The number of ether oxygens (including phenoxy) is 1. The van der Waals surface area contributed by atoms with Crippen LogP contribution in [0.25, 0.3) is 11.0 Å². The SMILES string of the molecule is COc1ccc2c(c1C1CCN(CC3CCCCC3)CC1)n(C)c(=O)n2C1CCCC(=O)NC1=O. The molecular formula is C27H38N4O4. The number of aromatic nitrogens is 2. The fraction of sp³-hybridized carbons (Fsp3) is 0.667. The fourth-order valence-electron chi connectivity index (χ4n) is 6.61. The molecule has 1 atom stereocenters. The van der Waals surface area contributed by atoms with Crippen LogP contribution in [0, 0.1) is 5.92 Å². The second-order valence-electron chi connectivity index (χ2n) is 10.7. The number of carbonyl (C=O) groups excluding carboxylic acids is 2. The van der Waals surface area contributed by atoms with E-state index in [-0.39, 0.29) is 11.6 Å². The van der Waals surface area contributed by atoms with Gasteiger partial charge >= 0.3 is 5.69 Å². The van der Waals surface area contributed by atoms with Gasteiger partial charge in [0, 0.05) is 25.6 Å². The molecule has 190 valence electrons. The van der Waals surface area contributed by atoms with Gasteiger partial charge in [0.15, 0.2) is 0 Å². The number of rotatable bonds is 5. The highest BCUT2D eigenvalue weighted by atomic mass is 16.5. The van der Waals surface area contributed by atoms with Gasteiger partial charge in [-0.25, -0.2) is 4.79 Å². The van der Waals surface area contributed by atoms with E-state index >= 15 is 0 Å². The second-order valence-corrected chi connectivity index (χ2v) is 10.7. The Labute approximate surface area is 206 Å². The van der Waals surface area contributed by atoms with Crippen LogP contribution in [0.5, 0.6) is 5.75 Å². The Bertz CT molecular complexity index is 1150. The number of nitrogens with zero attached hydrogens (tertiary/aromatic N) is 3. The molecule has 2 aliphatic heterocycles. The lowest BCUT2D eigenvalue weighted by Gasteiger charge is -2.36. The van der Waals surface area contributed by atoms with Crippen molar-refractivity contribution in [3.63, 3.8) is 0 Å². The predicted molar refractivity (Wildman–Crippen MR) is 135 cm³/mol. The number of carbonyl (C=O) groups is 2. The van der Waals surface area contributed by atoms with Crippen LogP contribution in [0.4, 0.5) is 0 Å². The lowest BCUT2D eigenvalue weighted by molar-refractivity contribution is -0.131. The van der Waals surface area contributed by atoms with Crippen LogP contribution in [0.2, 0.25) is 0 Å². The van der Waals surface area contributed by atoms with E-state index in [0.29, 0.717) is 25.2 Å². The molecule has 0 bridgehead atoms. The van der Waals surface area contributed by atoms with Crippen LogP contribution < -0.4 is 15.7 Å². The average Bonchev–Trinajstić information content (AvgIpc) is 2.99. The van der Waals surface area contributed by atoms with Gasteiger partial charge in [0.25, 0.3) is 0 Å². The second kappa shape index (κ2) is 10.2. The van der Waals surface area contributed by atoms with Crippen molar-refractivity contribution in [3.8, 4) is 5.75 Å². The molecule has 35 heavy (non-hydrogen) atoms. The molecule has 1 aliphatic carbocycles. The van der Waals surface area contributed by atoms with Crippen LogP contribution in [-0.2, 0) is 16.6 Å². The van der Waals surface area contributed by atoms with E-state index < -0.39 is 11.9 Å². The Kier molecular flexibility index (Phi) is 7.00. The smallest absolute Gasteiger partial charge is 0.329 e. The summed E-state index contributed by atoms with van der Waals surface area (Å²) >= 11 is 0. The zero-order valence-corrected chi connectivity index (χ0v) is 21.1. The molecule has 1 aromatic carbocycles. The molecule has 0 radical (unpaired) electrons. The van der Waals surface area contributed by atoms with Crippen LogP contribution >= 0.6 is 0 Å². The molecule has 1 aromatic heterocycles. The molecule has 1 N–H and O–H groups in total. The van der Waals surface area contributed by atoms with Gasteiger partial charge < -0.3 is 9.64 Å². The number of imidazole rings is 1. The summed E-state index contributed by atoms with van der Waals surface area (Å²) in [5.74, 6) is 1.27. The van der Waals surface area contributed by atoms with Crippen molar-refractivity contribution in [2.24, 2.45) is 13.0 Å². The average molecular weight is 483 g/mol. The zero-order chi connectivity index (χ0) is 24.5. The van der Waals surface area contributed by atoms with E-state index in [2.05, 4.69) is 10.2 Å². The quantitative estimate of drug-likeness (QED) is 0.660. The normalized spacial score (nSPS) is 23.4. The molecule has 8 heteroatoms. The van der Waals surface area contributed by atoms with E-state index in [4.69, 9.17) is 4.74 Å². The van der Waals surface area contributed by atoms with Crippen molar-refractivity contribution in [1.29, 1.82) is 0 Å². The maximum absolute atomic E-state index is 13.4. The van der Waals surface area contributed by atoms with Gasteiger partial charge in [0.05, 0.1) is 18.1 Å². The van der Waals surface area contributed by atoms with Gasteiger partial charge in [0.2, 0.25) is 11.8 Å². The highest BCUT2D eigenvalue weighted by Gasteiger charge is 2.33. The summed E-state index contributed by atoms with van der Waals surface area (Å²) < 4.78 is 9.05. The van der Waals surface area contributed by atoms with Gasteiger partial charge in [-0.05, 0) is 75.6 Å². The molecule has 0 spiro atoms. The zero-order valence-electron chi connectivity index (χ0n) is 21.1. The van der Waals surface area contributed by atoms with Gasteiger partial charge in [0.1, 0.15) is 11.8 Å². The molecule has 1 saturated carbocycles. The minimum atomic E-state index is -0.684. The molecule has 3 fully saturated rings. The topological polar surface area (TPSA) is 85.6 Å². The van der Waals surface area contributed by atoms with E-state index in [1.807, 2.05) is 12.1 Å². The molecule has 2 saturated heterocycles. The highest BCUT2D eigenvalue weighted by Crippen LogP contribution is 2.40. The van der Waals surface area contributed by atoms with Gasteiger partial charge in [-0.15, -0.1) is 0 Å². The highest BCUT2D eigenvalue weighted by molar-refractivity contribution is 5.98. The minimum absolute atomic E-state index is 0.223. The third-order valence-electron chi connectivity index (χ3n) is 8.46. The Morgan fingerprint density at radius 3 is 2.43 bits per heavy atom. The molecule has 1 unspecified atom stereocenters. The Morgan fingerprint density at radius 2 is 1.71 bits per heavy atom. The number of methoxy groups -OCH3 is 1. The molecule has 2 aromatic rings. The number of piperidine rings is 1. The van der Waals surface area contributed by atoms with Crippen molar-refractivity contribution in [2.75, 3.05) is 26.7 Å². The summed E-state index contributed by atoms with van der Waals surface area (Å²) in [6, 6.07) is 3.13. The first-order valence-corrected chi connectivity index (χ1v) is 13.3. The predicted octanol–water partition coefficient (Wildman–Crippen LogP) is 3.48. The van der Waals surface area contributed by atoms with E-state index in [9.17, 15) is 14.4 Å². The molecule has 3 heterocycles. The summed E-state index contributed by atoms with van der Waals surface area (Å²) in [4.78, 5) is 40.8. The van der Waals surface area contributed by atoms with Crippen molar-refractivity contribution >= 4 is 22.8 Å². The summed E-state index contributed by atoms with van der Waals surface area (Å²) in [5, 5.41) is 2.45. The van der Waals surface area contributed by atoms with Crippen LogP contribution in [-0.4, -0.2) is 52.6 Å². The summed E-state index contributed by atoms with van der Waals surface area (Å²) in [7, 11) is 3.46. The number of fused-ring (bicyclic) bond motifs is 1. The van der Waals surface area contributed by atoms with Crippen molar-refractivity contribution in [3.05, 3.63) is 28.2 Å². The first-order chi connectivity index (χ1) is 17.0. The summed E-state index contributed by atoms with van der Waals surface area (Å²) in [6.07, 6.45) is 10.3. The lowest BCUT2D eigenvalue weighted by atomic mass is 9.85. The number of imide groups is 1. The maximum Gasteiger partial charge on any atom is 0.329 e. The van der Waals surface area contributed by atoms with Crippen molar-refractivity contribution in [2.45, 2.75) is 76.2 Å². The van der Waals surface area contributed by atoms with E-state index in [0.717, 1.165) is 54.2 Å². The summed E-state index contributed by atoms with van der Waals surface area (Å²) in [5.41, 5.74) is 2.44. The lowest BCUT2D eigenvalue weighted by Crippen LogP contribution is -2.38. The molecule has 5 rings (SSSR count). The number of hydrogen-bond donors (Lipinski definition) is 1. The maximum atomic E-state index is 13.4. The van der Waals surface area contributed by atoms with Crippen molar-refractivity contribution in [1.82, 2.24) is 19.4 Å². The van der Waals surface area contributed by atoms with Gasteiger partial charge in [-0.1, -0.05) is 19.3 Å². The van der Waals surface area contributed by atoms with Crippen LogP contribution in [0.3, 0.4) is 0 Å². The minimum Gasteiger partial charge on any atom is -0.496 e. The van der Waals surface area contributed by atoms with Gasteiger partial charge in [-0.2, -0.15) is 0 Å². The van der Waals surface area contributed by atoms with E-state index in [1.54, 1.807) is 23.3 Å². The molecule has 8 nitrogen and oxygen atoms in total. The molecule has 2 amide bonds. The molecule has 3 aliphatic rings. The number of hydrogen-bond acceptors (Lipinski definition) is 5.